The van der Waals surface area contributed by atoms with E-state index >= 15 is 0 Å². The fourth-order valence-electron chi connectivity index (χ4n) is 2.53. The van der Waals surface area contributed by atoms with E-state index in [0.717, 1.165) is 16.9 Å². The molecule has 0 heterocycles. The maximum atomic E-state index is 6.03. The van der Waals surface area contributed by atoms with Gasteiger partial charge in [0.1, 0.15) is 0 Å². The summed E-state index contributed by atoms with van der Waals surface area (Å²) in [5, 5.41) is 4.85. The Morgan fingerprint density at radius 1 is 0.778 bits per heavy atom. The van der Waals surface area contributed by atoms with Crippen molar-refractivity contribution in [3.05, 3.63) is 47.5 Å². The summed E-state index contributed by atoms with van der Waals surface area (Å²) >= 11 is 0. The molecule has 18 heavy (non-hydrogen) atoms. The number of nitrogens with two attached hydrogens (primary N) is 2. The molecule has 2 nitrogen and oxygen atoms in total. The lowest BCUT2D eigenvalue weighted by atomic mass is 9.96. The van der Waals surface area contributed by atoms with Gasteiger partial charge in [0.15, 0.2) is 0 Å². The summed E-state index contributed by atoms with van der Waals surface area (Å²) in [6.45, 7) is 4.16. The Balaban J connectivity index is 2.52. The van der Waals surface area contributed by atoms with Crippen molar-refractivity contribution in [2.45, 2.75) is 13.8 Å². The van der Waals surface area contributed by atoms with Crippen LogP contribution in [0.15, 0.2) is 36.4 Å². The first-order valence-electron chi connectivity index (χ1n) is 6.05. The maximum Gasteiger partial charge on any atom is 0.0352 e. The molecule has 0 fully saturated rings. The van der Waals surface area contributed by atoms with E-state index in [2.05, 4.69) is 32.0 Å². The summed E-state index contributed by atoms with van der Waals surface area (Å²) in [6.07, 6.45) is 0. The molecular weight excluding hydrogens is 220 g/mol. The Bertz CT molecular complexity index is 773. The Kier molecular flexibility index (Phi) is 2.20. The molecule has 3 aromatic rings. The third-order valence-corrected chi connectivity index (χ3v) is 3.63. The largest absolute Gasteiger partial charge is 0.399 e. The summed E-state index contributed by atoms with van der Waals surface area (Å²) in [4.78, 5) is 0. The van der Waals surface area contributed by atoms with Crippen LogP contribution in [0.3, 0.4) is 0 Å². The van der Waals surface area contributed by atoms with Gasteiger partial charge in [-0.3, -0.25) is 0 Å². The quantitative estimate of drug-likeness (QED) is 0.461. The standard InChI is InChI=1S/C16H16N2/c1-9-5-16(18)10(2)15-7-11-3-4-13(17)6-12(11)8-14(9)15/h3-8H,17-18H2,1-2H3. The molecule has 90 valence electrons. The third kappa shape index (κ3) is 1.50. The number of rotatable bonds is 0. The number of fused-ring (bicyclic) bond motifs is 2. The van der Waals surface area contributed by atoms with Gasteiger partial charge in [0.25, 0.3) is 0 Å². The van der Waals surface area contributed by atoms with Crippen LogP contribution < -0.4 is 11.5 Å². The minimum Gasteiger partial charge on any atom is -0.399 e. The molecule has 3 rings (SSSR count). The van der Waals surface area contributed by atoms with Gasteiger partial charge in [0.2, 0.25) is 0 Å². The molecule has 0 bridgehead atoms. The molecule has 0 aliphatic rings. The number of hydrogen-bond acceptors (Lipinski definition) is 2. The average Bonchev–Trinajstić information content (AvgIpc) is 2.34. The van der Waals surface area contributed by atoms with E-state index in [1.807, 2.05) is 18.2 Å². The van der Waals surface area contributed by atoms with Crippen molar-refractivity contribution in [2.24, 2.45) is 0 Å². The van der Waals surface area contributed by atoms with Crippen molar-refractivity contribution in [3.8, 4) is 0 Å². The van der Waals surface area contributed by atoms with Gasteiger partial charge in [-0.15, -0.1) is 0 Å². The monoisotopic (exact) mass is 236 g/mol. The molecule has 0 aromatic heterocycles. The Hall–Kier alpha value is -2.22. The van der Waals surface area contributed by atoms with Crippen LogP contribution in [0.5, 0.6) is 0 Å². The van der Waals surface area contributed by atoms with E-state index in [-0.39, 0.29) is 0 Å². The first kappa shape index (κ1) is 10.9. The zero-order chi connectivity index (χ0) is 12.9. The maximum absolute atomic E-state index is 6.03. The number of anilines is 2. The molecule has 2 heteroatoms. The predicted molar refractivity (Wildman–Crippen MR) is 79.8 cm³/mol. The van der Waals surface area contributed by atoms with Crippen LogP contribution in [-0.2, 0) is 0 Å². The topological polar surface area (TPSA) is 52.0 Å². The first-order chi connectivity index (χ1) is 8.56. The molecule has 0 amide bonds. The van der Waals surface area contributed by atoms with E-state index in [1.165, 1.54) is 27.1 Å². The van der Waals surface area contributed by atoms with E-state index < -0.39 is 0 Å². The normalized spacial score (nSPS) is 11.2. The highest BCUT2D eigenvalue weighted by atomic mass is 14.6. The second-order valence-electron chi connectivity index (χ2n) is 4.91. The zero-order valence-corrected chi connectivity index (χ0v) is 10.6. The lowest BCUT2D eigenvalue weighted by Crippen LogP contribution is -1.93. The summed E-state index contributed by atoms with van der Waals surface area (Å²) in [7, 11) is 0. The second-order valence-corrected chi connectivity index (χ2v) is 4.91. The second kappa shape index (κ2) is 3.64. The van der Waals surface area contributed by atoms with Crippen molar-refractivity contribution >= 4 is 32.9 Å². The van der Waals surface area contributed by atoms with Gasteiger partial charge in [-0.25, -0.2) is 0 Å². The molecule has 0 saturated carbocycles. The minimum atomic E-state index is 0.798. The van der Waals surface area contributed by atoms with Gasteiger partial charge in [-0.2, -0.15) is 0 Å². The highest BCUT2D eigenvalue weighted by Crippen LogP contribution is 2.31. The fraction of sp³-hybridized carbons (Fsp3) is 0.125. The van der Waals surface area contributed by atoms with Crippen molar-refractivity contribution in [1.82, 2.24) is 0 Å². The van der Waals surface area contributed by atoms with E-state index in [9.17, 15) is 0 Å². The SMILES string of the molecule is Cc1cc(N)c(C)c2cc3ccc(N)cc3cc12. The van der Waals surface area contributed by atoms with Crippen LogP contribution in [-0.4, -0.2) is 0 Å². The highest BCUT2D eigenvalue weighted by molar-refractivity contribution is 6.03. The lowest BCUT2D eigenvalue weighted by Gasteiger charge is -2.11. The van der Waals surface area contributed by atoms with Crippen LogP contribution in [0.4, 0.5) is 11.4 Å². The smallest absolute Gasteiger partial charge is 0.0352 e. The van der Waals surface area contributed by atoms with Gasteiger partial charge in [-0.1, -0.05) is 6.07 Å². The number of hydrogen-bond donors (Lipinski definition) is 2. The van der Waals surface area contributed by atoms with Crippen molar-refractivity contribution < 1.29 is 0 Å². The fourth-order valence-corrected chi connectivity index (χ4v) is 2.53. The van der Waals surface area contributed by atoms with Gasteiger partial charge >= 0.3 is 0 Å². The van der Waals surface area contributed by atoms with Crippen molar-refractivity contribution in [3.63, 3.8) is 0 Å². The summed E-state index contributed by atoms with van der Waals surface area (Å²) < 4.78 is 0. The van der Waals surface area contributed by atoms with Crippen LogP contribution in [0.1, 0.15) is 11.1 Å². The van der Waals surface area contributed by atoms with Gasteiger partial charge < -0.3 is 11.5 Å². The Labute approximate surface area is 106 Å². The van der Waals surface area contributed by atoms with Crippen molar-refractivity contribution in [1.29, 1.82) is 0 Å². The molecule has 0 unspecified atom stereocenters. The molecular formula is C16H16N2. The number of aryl methyl sites for hydroxylation is 2. The Morgan fingerprint density at radius 2 is 1.50 bits per heavy atom. The molecule has 0 radical (unpaired) electrons. The van der Waals surface area contributed by atoms with Crippen LogP contribution >= 0.6 is 0 Å². The Morgan fingerprint density at radius 3 is 2.28 bits per heavy atom. The van der Waals surface area contributed by atoms with Crippen LogP contribution in [0.25, 0.3) is 21.5 Å². The van der Waals surface area contributed by atoms with Gasteiger partial charge in [-0.05, 0) is 76.9 Å². The van der Waals surface area contributed by atoms with E-state index in [0.29, 0.717) is 0 Å². The van der Waals surface area contributed by atoms with Crippen LogP contribution in [0.2, 0.25) is 0 Å². The molecule has 3 aromatic carbocycles. The summed E-state index contributed by atoms with van der Waals surface area (Å²) in [5.74, 6) is 0. The summed E-state index contributed by atoms with van der Waals surface area (Å²) in [5.41, 5.74) is 15.9. The summed E-state index contributed by atoms with van der Waals surface area (Å²) in [6, 6.07) is 12.4. The first-order valence-corrected chi connectivity index (χ1v) is 6.05. The van der Waals surface area contributed by atoms with E-state index in [1.54, 1.807) is 0 Å². The van der Waals surface area contributed by atoms with Gasteiger partial charge in [0.05, 0.1) is 0 Å². The average molecular weight is 236 g/mol. The minimum absolute atomic E-state index is 0.798. The van der Waals surface area contributed by atoms with Crippen molar-refractivity contribution in [2.75, 3.05) is 11.5 Å². The molecule has 0 spiro atoms. The van der Waals surface area contributed by atoms with Gasteiger partial charge in [0, 0.05) is 11.4 Å². The third-order valence-electron chi connectivity index (χ3n) is 3.63. The lowest BCUT2D eigenvalue weighted by molar-refractivity contribution is 1.47. The highest BCUT2D eigenvalue weighted by Gasteiger charge is 2.06. The molecule has 0 aliphatic heterocycles. The molecule has 0 saturated heterocycles. The molecule has 0 aliphatic carbocycles. The zero-order valence-electron chi connectivity index (χ0n) is 10.6. The molecule has 0 atom stereocenters. The molecule has 4 N–H and O–H groups in total. The van der Waals surface area contributed by atoms with Crippen LogP contribution in [0, 0.1) is 13.8 Å². The number of nitrogen functional groups attached to an aromatic ring is 2. The number of benzene rings is 3. The predicted octanol–water partition coefficient (Wildman–Crippen LogP) is 3.77. The van der Waals surface area contributed by atoms with E-state index in [4.69, 9.17) is 11.5 Å².